The summed E-state index contributed by atoms with van der Waals surface area (Å²) in [5.41, 5.74) is 0.940. The maximum Gasteiger partial charge on any atom is 0.347 e. The second-order valence-corrected chi connectivity index (χ2v) is 7.09. The highest BCUT2D eigenvalue weighted by Crippen LogP contribution is 2.17. The van der Waals surface area contributed by atoms with E-state index in [9.17, 15) is 14.4 Å². The number of carbonyl (C=O) groups excluding carboxylic acids is 1. The Labute approximate surface area is 154 Å². The minimum atomic E-state index is -0.395. The summed E-state index contributed by atoms with van der Waals surface area (Å²) < 4.78 is 1.20. The summed E-state index contributed by atoms with van der Waals surface area (Å²) in [7, 11) is 0. The maximum absolute atomic E-state index is 12.9. The highest BCUT2D eigenvalue weighted by molar-refractivity contribution is 6.30. The van der Waals surface area contributed by atoms with Gasteiger partial charge in [0.05, 0.1) is 12.1 Å². The third-order valence-electron chi connectivity index (χ3n) is 4.99. The Morgan fingerprint density at radius 1 is 1.04 bits per heavy atom. The number of rotatable bonds is 2. The lowest BCUT2D eigenvalue weighted by molar-refractivity contribution is 0.0732. The predicted octanol–water partition coefficient (Wildman–Crippen LogP) is 1.12. The van der Waals surface area contributed by atoms with E-state index in [-0.39, 0.29) is 18.0 Å². The Kier molecular flexibility index (Phi) is 4.32. The molecule has 7 nitrogen and oxygen atoms in total. The number of halogens is 1. The van der Waals surface area contributed by atoms with E-state index in [1.165, 1.54) is 4.68 Å². The van der Waals surface area contributed by atoms with Crippen LogP contribution in [0.5, 0.6) is 0 Å². The Balaban J connectivity index is 1.66. The van der Waals surface area contributed by atoms with Crippen molar-refractivity contribution >= 4 is 17.5 Å². The molecule has 8 heteroatoms. The first kappa shape index (κ1) is 16.9. The Hall–Kier alpha value is -2.54. The van der Waals surface area contributed by atoms with Crippen LogP contribution in [0.25, 0.3) is 0 Å². The van der Waals surface area contributed by atoms with E-state index < -0.39 is 5.69 Å². The van der Waals surface area contributed by atoms with E-state index in [1.54, 1.807) is 34.2 Å². The van der Waals surface area contributed by atoms with Crippen LogP contribution in [0.15, 0.2) is 33.9 Å². The van der Waals surface area contributed by atoms with Gasteiger partial charge in [-0.1, -0.05) is 11.6 Å². The zero-order valence-electron chi connectivity index (χ0n) is 14.2. The zero-order valence-corrected chi connectivity index (χ0v) is 15.0. The quantitative estimate of drug-likeness (QED) is 0.854. The predicted molar refractivity (Wildman–Crippen MR) is 98.4 cm³/mol. The van der Waals surface area contributed by atoms with Gasteiger partial charge >= 0.3 is 5.69 Å². The van der Waals surface area contributed by atoms with Crippen molar-refractivity contribution in [3.05, 3.63) is 66.9 Å². The number of carbonyl (C=O) groups is 1. The topological polar surface area (TPSA) is 78.4 Å². The molecule has 1 aromatic heterocycles. The number of nitrogens with one attached hydrogen (secondary N) is 1. The minimum Gasteiger partial charge on any atom is -0.334 e. The monoisotopic (exact) mass is 374 g/mol. The first-order valence-electron chi connectivity index (χ1n) is 8.72. The number of benzene rings is 1. The van der Waals surface area contributed by atoms with E-state index in [2.05, 4.69) is 4.98 Å². The molecule has 0 radical (unpaired) electrons. The first-order valence-corrected chi connectivity index (χ1v) is 9.09. The fourth-order valence-electron chi connectivity index (χ4n) is 3.61. The van der Waals surface area contributed by atoms with Crippen molar-refractivity contribution in [1.29, 1.82) is 0 Å². The summed E-state index contributed by atoms with van der Waals surface area (Å²) in [5.74, 6) is -0.148. The molecule has 1 saturated heterocycles. The van der Waals surface area contributed by atoms with Crippen LogP contribution in [0.4, 0.5) is 0 Å². The second kappa shape index (κ2) is 6.64. The van der Waals surface area contributed by atoms with Crippen molar-refractivity contribution in [2.24, 2.45) is 0 Å². The maximum atomic E-state index is 12.9. The van der Waals surface area contributed by atoms with Crippen molar-refractivity contribution in [3.63, 3.8) is 0 Å². The first-order chi connectivity index (χ1) is 12.5. The summed E-state index contributed by atoms with van der Waals surface area (Å²) in [5, 5.41) is 2.35. The van der Waals surface area contributed by atoms with Crippen molar-refractivity contribution in [1.82, 2.24) is 14.6 Å². The number of nitrogens with zero attached hydrogens (tertiary/aromatic N) is 3. The van der Waals surface area contributed by atoms with Crippen LogP contribution in [0.1, 0.15) is 34.5 Å². The smallest absolute Gasteiger partial charge is 0.334 e. The van der Waals surface area contributed by atoms with E-state index in [0.717, 1.165) is 12.8 Å². The molecule has 1 N–H and O–H groups in total. The summed E-state index contributed by atoms with van der Waals surface area (Å²) in [4.78, 5) is 42.5. The number of H-pyrrole nitrogens is 1. The van der Waals surface area contributed by atoms with Gasteiger partial charge in [-0.05, 0) is 37.1 Å². The molecular formula is C18H19ClN4O3. The van der Waals surface area contributed by atoms with E-state index in [1.807, 2.05) is 0 Å². The van der Waals surface area contributed by atoms with Crippen LogP contribution in [0.2, 0.25) is 5.02 Å². The van der Waals surface area contributed by atoms with Crippen LogP contribution in [-0.4, -0.2) is 40.1 Å². The number of fused-ring (bicyclic) bond motifs is 1. The van der Waals surface area contributed by atoms with Gasteiger partial charge in [-0.15, -0.1) is 0 Å². The molecule has 26 heavy (non-hydrogen) atoms. The van der Waals surface area contributed by atoms with E-state index >= 15 is 0 Å². The SMILES string of the molecule is O=C(c1ccc(Cl)cc1)N1CCc2[nH]c(=O)n(N3CCCC3)c(=O)c2C1. The molecule has 0 aliphatic carbocycles. The molecule has 136 valence electrons. The van der Waals surface area contributed by atoms with Gasteiger partial charge in [0.15, 0.2) is 0 Å². The van der Waals surface area contributed by atoms with Crippen molar-refractivity contribution in [3.8, 4) is 0 Å². The third kappa shape index (κ3) is 2.92. The van der Waals surface area contributed by atoms with Crippen LogP contribution < -0.4 is 16.3 Å². The van der Waals surface area contributed by atoms with Crippen LogP contribution in [-0.2, 0) is 13.0 Å². The lowest BCUT2D eigenvalue weighted by atomic mass is 10.1. The van der Waals surface area contributed by atoms with Gasteiger partial charge in [-0.3, -0.25) is 9.59 Å². The molecule has 0 spiro atoms. The van der Waals surface area contributed by atoms with Gasteiger partial charge in [0.25, 0.3) is 11.5 Å². The van der Waals surface area contributed by atoms with Gasteiger partial charge in [-0.25, -0.2) is 4.79 Å². The molecular weight excluding hydrogens is 356 g/mol. The Morgan fingerprint density at radius 3 is 2.42 bits per heavy atom. The van der Waals surface area contributed by atoms with E-state index in [0.29, 0.717) is 47.9 Å². The molecule has 1 fully saturated rings. The molecule has 1 amide bonds. The van der Waals surface area contributed by atoms with Crippen LogP contribution in [0, 0.1) is 0 Å². The third-order valence-corrected chi connectivity index (χ3v) is 5.24. The molecule has 0 saturated carbocycles. The molecule has 3 heterocycles. The average molecular weight is 375 g/mol. The van der Waals surface area contributed by atoms with Gasteiger partial charge < -0.3 is 14.9 Å². The Bertz CT molecular complexity index is 958. The second-order valence-electron chi connectivity index (χ2n) is 6.65. The highest BCUT2D eigenvalue weighted by atomic mass is 35.5. The molecule has 4 rings (SSSR count). The van der Waals surface area contributed by atoms with Gasteiger partial charge in [-0.2, -0.15) is 4.68 Å². The number of hydrogen-bond acceptors (Lipinski definition) is 4. The number of aromatic amines is 1. The molecule has 1 aromatic carbocycles. The number of amides is 1. The lowest BCUT2D eigenvalue weighted by Crippen LogP contribution is -2.52. The highest BCUT2D eigenvalue weighted by Gasteiger charge is 2.27. The summed E-state index contributed by atoms with van der Waals surface area (Å²) >= 11 is 5.88. The molecule has 2 aromatic rings. The number of aromatic nitrogens is 2. The van der Waals surface area contributed by atoms with Crippen LogP contribution >= 0.6 is 11.6 Å². The van der Waals surface area contributed by atoms with E-state index in [4.69, 9.17) is 11.6 Å². The lowest BCUT2D eigenvalue weighted by Gasteiger charge is -2.29. The molecule has 0 unspecified atom stereocenters. The number of hydrogen-bond donors (Lipinski definition) is 1. The standard InChI is InChI=1S/C18H19ClN4O3/c19-13-5-3-12(4-6-13)16(24)21-10-7-15-14(11-21)17(25)23(18(26)20-15)22-8-1-2-9-22/h3-6H,1-2,7-11H2,(H,20,26). The summed E-state index contributed by atoms with van der Waals surface area (Å²) in [6.07, 6.45) is 2.38. The summed E-state index contributed by atoms with van der Waals surface area (Å²) in [6, 6.07) is 6.69. The van der Waals surface area contributed by atoms with Crippen LogP contribution in [0.3, 0.4) is 0 Å². The fourth-order valence-corrected chi connectivity index (χ4v) is 3.73. The van der Waals surface area contributed by atoms with Gasteiger partial charge in [0.1, 0.15) is 0 Å². The summed E-state index contributed by atoms with van der Waals surface area (Å²) in [6.45, 7) is 2.03. The largest absolute Gasteiger partial charge is 0.347 e. The molecule has 2 aliphatic rings. The molecule has 0 bridgehead atoms. The van der Waals surface area contributed by atoms with Gasteiger partial charge in [0.2, 0.25) is 0 Å². The average Bonchev–Trinajstić information content (AvgIpc) is 3.16. The van der Waals surface area contributed by atoms with Gasteiger partial charge in [0, 0.05) is 42.3 Å². The molecule has 0 atom stereocenters. The minimum absolute atomic E-state index is 0.148. The molecule has 2 aliphatic heterocycles. The Morgan fingerprint density at radius 2 is 1.73 bits per heavy atom. The van der Waals surface area contributed by atoms with Crippen molar-refractivity contribution in [2.45, 2.75) is 25.8 Å². The zero-order chi connectivity index (χ0) is 18.3. The normalized spacial score (nSPS) is 16.7. The van der Waals surface area contributed by atoms with Crippen molar-refractivity contribution in [2.75, 3.05) is 24.6 Å². The van der Waals surface area contributed by atoms with Crippen molar-refractivity contribution < 1.29 is 4.79 Å². The fraction of sp³-hybridized carbons (Fsp3) is 0.389.